The number of hydrogen-bond donors (Lipinski definition) is 1. The summed E-state index contributed by atoms with van der Waals surface area (Å²) in [4.78, 5) is 13.4. The van der Waals surface area contributed by atoms with Crippen LogP contribution in [-0.4, -0.2) is 30.8 Å². The molecule has 0 saturated heterocycles. The molecule has 1 aromatic rings. The number of hydrogen-bond acceptors (Lipinski definition) is 2. The van der Waals surface area contributed by atoms with Gasteiger partial charge in [0, 0.05) is 11.9 Å². The molecular formula is C11H13F2NOS. The number of carbonyl (C=O) groups excluding carboxylic acids is 1. The maximum atomic E-state index is 12.0. The van der Waals surface area contributed by atoms with Gasteiger partial charge in [-0.15, -0.1) is 12.6 Å². The second-order valence-electron chi connectivity index (χ2n) is 3.51. The van der Waals surface area contributed by atoms with Crippen molar-refractivity contribution >= 4 is 18.5 Å². The lowest BCUT2D eigenvalue weighted by molar-refractivity contribution is -0.130. The van der Waals surface area contributed by atoms with Crippen molar-refractivity contribution < 1.29 is 13.6 Å². The molecule has 0 heterocycles. The Morgan fingerprint density at radius 1 is 1.38 bits per heavy atom. The minimum Gasteiger partial charge on any atom is -0.340 e. The highest BCUT2D eigenvalue weighted by atomic mass is 32.1. The van der Waals surface area contributed by atoms with Gasteiger partial charge >= 0.3 is 0 Å². The van der Waals surface area contributed by atoms with Crippen molar-refractivity contribution in [1.29, 1.82) is 0 Å². The maximum absolute atomic E-state index is 12.0. The van der Waals surface area contributed by atoms with E-state index in [1.807, 2.05) is 0 Å². The zero-order chi connectivity index (χ0) is 12.1. The van der Waals surface area contributed by atoms with E-state index in [1.54, 1.807) is 24.3 Å². The van der Waals surface area contributed by atoms with Gasteiger partial charge in [0.15, 0.2) is 0 Å². The number of halogens is 2. The SMILES string of the molecule is CN(CC(F)F)C(=O)Cc1ccc(S)cc1. The van der Waals surface area contributed by atoms with E-state index in [-0.39, 0.29) is 12.3 Å². The van der Waals surface area contributed by atoms with E-state index in [1.165, 1.54) is 7.05 Å². The number of carbonyl (C=O) groups is 1. The average molecular weight is 245 g/mol. The highest BCUT2D eigenvalue weighted by Gasteiger charge is 2.13. The molecule has 0 spiro atoms. The largest absolute Gasteiger partial charge is 0.340 e. The zero-order valence-corrected chi connectivity index (χ0v) is 9.75. The lowest BCUT2D eigenvalue weighted by atomic mass is 10.1. The van der Waals surface area contributed by atoms with Gasteiger partial charge in [0.2, 0.25) is 5.91 Å². The molecule has 1 amide bonds. The Kier molecular flexibility index (Phi) is 4.73. The Bertz CT molecular complexity index is 354. The molecule has 16 heavy (non-hydrogen) atoms. The first-order valence-corrected chi connectivity index (χ1v) is 5.24. The van der Waals surface area contributed by atoms with E-state index in [2.05, 4.69) is 12.6 Å². The Balaban J connectivity index is 2.54. The van der Waals surface area contributed by atoms with Crippen LogP contribution in [0.4, 0.5) is 8.78 Å². The molecule has 0 aromatic heterocycles. The molecule has 1 rings (SSSR count). The Labute approximate surface area is 98.7 Å². The van der Waals surface area contributed by atoms with Crippen molar-refractivity contribution in [2.75, 3.05) is 13.6 Å². The van der Waals surface area contributed by atoms with Crippen LogP contribution < -0.4 is 0 Å². The number of benzene rings is 1. The van der Waals surface area contributed by atoms with E-state index in [0.29, 0.717) is 0 Å². The minimum atomic E-state index is -2.49. The molecule has 88 valence electrons. The van der Waals surface area contributed by atoms with Crippen LogP contribution in [0, 0.1) is 0 Å². The summed E-state index contributed by atoms with van der Waals surface area (Å²) in [5, 5.41) is 0. The Hall–Kier alpha value is -1.10. The van der Waals surface area contributed by atoms with Crippen LogP contribution in [-0.2, 0) is 11.2 Å². The highest BCUT2D eigenvalue weighted by Crippen LogP contribution is 2.09. The van der Waals surface area contributed by atoms with Crippen LogP contribution in [0.3, 0.4) is 0 Å². The van der Waals surface area contributed by atoms with Gasteiger partial charge in [0.25, 0.3) is 6.43 Å². The molecular weight excluding hydrogens is 232 g/mol. The summed E-state index contributed by atoms with van der Waals surface area (Å²) < 4.78 is 24.1. The maximum Gasteiger partial charge on any atom is 0.255 e. The number of thiol groups is 1. The third-order valence-electron chi connectivity index (χ3n) is 2.13. The van der Waals surface area contributed by atoms with Gasteiger partial charge in [-0.1, -0.05) is 12.1 Å². The van der Waals surface area contributed by atoms with E-state index in [0.717, 1.165) is 15.4 Å². The molecule has 0 bridgehead atoms. The van der Waals surface area contributed by atoms with Crippen molar-refractivity contribution in [1.82, 2.24) is 4.90 Å². The molecule has 0 aliphatic rings. The van der Waals surface area contributed by atoms with Gasteiger partial charge in [-0.25, -0.2) is 8.78 Å². The van der Waals surface area contributed by atoms with Gasteiger partial charge in [-0.2, -0.15) is 0 Å². The smallest absolute Gasteiger partial charge is 0.255 e. The molecule has 0 radical (unpaired) electrons. The summed E-state index contributed by atoms with van der Waals surface area (Å²) in [6.07, 6.45) is -2.36. The van der Waals surface area contributed by atoms with E-state index >= 15 is 0 Å². The van der Waals surface area contributed by atoms with Gasteiger partial charge < -0.3 is 4.90 Å². The topological polar surface area (TPSA) is 20.3 Å². The molecule has 0 atom stereocenters. The number of alkyl halides is 2. The summed E-state index contributed by atoms with van der Waals surface area (Å²) in [6.45, 7) is -0.524. The van der Waals surface area contributed by atoms with Crippen LogP contribution in [0.15, 0.2) is 29.2 Å². The van der Waals surface area contributed by atoms with Crippen LogP contribution in [0.1, 0.15) is 5.56 Å². The minimum absolute atomic E-state index is 0.136. The molecule has 1 aromatic carbocycles. The first-order chi connectivity index (χ1) is 7.49. The lowest BCUT2D eigenvalue weighted by Crippen LogP contribution is -2.32. The van der Waals surface area contributed by atoms with Crippen molar-refractivity contribution in [3.8, 4) is 0 Å². The first-order valence-electron chi connectivity index (χ1n) is 4.79. The fourth-order valence-corrected chi connectivity index (χ4v) is 1.38. The van der Waals surface area contributed by atoms with Crippen molar-refractivity contribution in [3.05, 3.63) is 29.8 Å². The predicted octanol–water partition coefficient (Wildman–Crippen LogP) is 2.24. The van der Waals surface area contributed by atoms with E-state index in [4.69, 9.17) is 0 Å². The van der Waals surface area contributed by atoms with Crippen LogP contribution in [0.25, 0.3) is 0 Å². The van der Waals surface area contributed by atoms with E-state index in [9.17, 15) is 13.6 Å². The van der Waals surface area contributed by atoms with Gasteiger partial charge in [-0.05, 0) is 17.7 Å². The standard InChI is InChI=1S/C11H13F2NOS/c1-14(7-10(12)13)11(15)6-8-2-4-9(16)5-3-8/h2-5,10,16H,6-7H2,1H3. The summed E-state index contributed by atoms with van der Waals surface area (Å²) in [5.74, 6) is -0.313. The summed E-state index contributed by atoms with van der Waals surface area (Å²) in [5.41, 5.74) is 0.795. The molecule has 0 saturated carbocycles. The van der Waals surface area contributed by atoms with Crippen molar-refractivity contribution in [3.63, 3.8) is 0 Å². The quantitative estimate of drug-likeness (QED) is 0.807. The number of amides is 1. The van der Waals surface area contributed by atoms with Crippen LogP contribution >= 0.6 is 12.6 Å². The molecule has 0 aliphatic carbocycles. The molecule has 0 unspecified atom stereocenters. The summed E-state index contributed by atoms with van der Waals surface area (Å²) >= 11 is 4.11. The Morgan fingerprint density at radius 3 is 2.44 bits per heavy atom. The molecule has 2 nitrogen and oxygen atoms in total. The van der Waals surface area contributed by atoms with E-state index < -0.39 is 13.0 Å². The lowest BCUT2D eigenvalue weighted by Gasteiger charge is -2.16. The first kappa shape index (κ1) is 13.0. The van der Waals surface area contributed by atoms with Gasteiger partial charge in [0.05, 0.1) is 13.0 Å². The number of nitrogens with zero attached hydrogens (tertiary/aromatic N) is 1. The molecule has 0 fully saturated rings. The zero-order valence-electron chi connectivity index (χ0n) is 8.86. The second kappa shape index (κ2) is 5.84. The average Bonchev–Trinajstić information content (AvgIpc) is 2.20. The van der Waals surface area contributed by atoms with Gasteiger partial charge in [0.1, 0.15) is 0 Å². The van der Waals surface area contributed by atoms with Gasteiger partial charge in [-0.3, -0.25) is 4.79 Å². The fourth-order valence-electron chi connectivity index (χ4n) is 1.23. The normalized spacial score (nSPS) is 10.6. The number of rotatable bonds is 4. The summed E-state index contributed by atoms with van der Waals surface area (Å²) in [7, 11) is 1.38. The second-order valence-corrected chi connectivity index (χ2v) is 4.02. The third-order valence-corrected chi connectivity index (χ3v) is 2.43. The van der Waals surface area contributed by atoms with Crippen LogP contribution in [0.5, 0.6) is 0 Å². The Morgan fingerprint density at radius 2 is 1.94 bits per heavy atom. The highest BCUT2D eigenvalue weighted by molar-refractivity contribution is 7.80. The molecule has 0 aliphatic heterocycles. The molecule has 5 heteroatoms. The monoisotopic (exact) mass is 245 g/mol. The fraction of sp³-hybridized carbons (Fsp3) is 0.364. The number of likely N-dealkylation sites (N-methyl/N-ethyl adjacent to an activating group) is 1. The third kappa shape index (κ3) is 4.18. The summed E-state index contributed by atoms with van der Waals surface area (Å²) in [6, 6.07) is 7.05. The molecule has 0 N–H and O–H groups in total. The van der Waals surface area contributed by atoms with Crippen LogP contribution in [0.2, 0.25) is 0 Å². The van der Waals surface area contributed by atoms with Crippen molar-refractivity contribution in [2.45, 2.75) is 17.7 Å². The van der Waals surface area contributed by atoms with Crippen molar-refractivity contribution in [2.24, 2.45) is 0 Å². The predicted molar refractivity (Wildman–Crippen MR) is 61.0 cm³/mol.